The minimum Gasteiger partial charge on any atom is -0.300 e. The van der Waals surface area contributed by atoms with Gasteiger partial charge in [-0.05, 0) is 45.7 Å². The van der Waals surface area contributed by atoms with E-state index in [1.807, 2.05) is 0 Å². The van der Waals surface area contributed by atoms with Gasteiger partial charge < -0.3 is 4.90 Å². The van der Waals surface area contributed by atoms with Crippen molar-refractivity contribution in [1.82, 2.24) is 10.2 Å². The Hall–Kier alpha value is -0.590. The molecule has 0 aromatic heterocycles. The Morgan fingerprint density at radius 2 is 2.12 bits per heavy atom. The molecule has 3 nitrogen and oxygen atoms in total. The van der Waals surface area contributed by atoms with Gasteiger partial charge in [0, 0.05) is 12.1 Å². The summed E-state index contributed by atoms with van der Waals surface area (Å²) in [5, 5.41) is 12.7. The number of hydrogen-bond donors (Lipinski definition) is 1. The zero-order valence-electron chi connectivity index (χ0n) is 12.0. The molecule has 3 heteroatoms. The average Bonchev–Trinajstić information content (AvgIpc) is 2.72. The van der Waals surface area contributed by atoms with Gasteiger partial charge in [-0.3, -0.25) is 5.32 Å². The van der Waals surface area contributed by atoms with Crippen molar-refractivity contribution in [2.24, 2.45) is 5.92 Å². The topological polar surface area (TPSA) is 39.1 Å². The molecule has 3 unspecified atom stereocenters. The van der Waals surface area contributed by atoms with Gasteiger partial charge in [0.15, 0.2) is 0 Å². The van der Waals surface area contributed by atoms with Crippen molar-refractivity contribution >= 4 is 0 Å². The molecule has 1 N–H and O–H groups in total. The maximum absolute atomic E-state index is 9.36. The first-order valence-corrected chi connectivity index (χ1v) is 6.84. The first-order valence-electron chi connectivity index (χ1n) is 6.84. The molecule has 0 aromatic rings. The van der Waals surface area contributed by atoms with Crippen LogP contribution in [0.3, 0.4) is 0 Å². The lowest BCUT2D eigenvalue weighted by molar-refractivity contribution is 0.146. The molecule has 0 heterocycles. The molecule has 0 saturated heterocycles. The summed E-state index contributed by atoms with van der Waals surface area (Å²) >= 11 is 0. The highest BCUT2D eigenvalue weighted by Crippen LogP contribution is 2.33. The lowest BCUT2D eigenvalue weighted by Gasteiger charge is -2.34. The highest BCUT2D eigenvalue weighted by Gasteiger charge is 2.41. The van der Waals surface area contributed by atoms with Gasteiger partial charge in [-0.2, -0.15) is 5.26 Å². The molecule has 1 rings (SSSR count). The molecule has 1 aliphatic rings. The largest absolute Gasteiger partial charge is 0.300 e. The van der Waals surface area contributed by atoms with Gasteiger partial charge in [0.05, 0.1) is 6.07 Å². The van der Waals surface area contributed by atoms with E-state index in [9.17, 15) is 5.26 Å². The minimum absolute atomic E-state index is 0.273. The summed E-state index contributed by atoms with van der Waals surface area (Å²) in [6.07, 6.45) is 3.08. The van der Waals surface area contributed by atoms with Crippen LogP contribution in [0.25, 0.3) is 0 Å². The van der Waals surface area contributed by atoms with Crippen molar-refractivity contribution in [3.05, 3.63) is 0 Å². The molecule has 0 amide bonds. The van der Waals surface area contributed by atoms with E-state index in [1.54, 1.807) is 0 Å². The fourth-order valence-corrected chi connectivity index (χ4v) is 2.81. The standard InChI is InChI=1S/C14H27N3/c1-6-16-14(10-15)8-7-13(9-14)17(5)12(4)11(2)3/h11-13,16H,6-9H2,1-5H3. The Morgan fingerprint density at radius 3 is 2.59 bits per heavy atom. The van der Waals surface area contributed by atoms with Crippen molar-refractivity contribution in [2.45, 2.75) is 64.6 Å². The summed E-state index contributed by atoms with van der Waals surface area (Å²) in [5.74, 6) is 0.663. The Labute approximate surface area is 106 Å². The second-order valence-electron chi connectivity index (χ2n) is 5.77. The maximum atomic E-state index is 9.36. The Morgan fingerprint density at radius 1 is 1.47 bits per heavy atom. The second kappa shape index (κ2) is 5.84. The third-order valence-electron chi connectivity index (χ3n) is 4.40. The van der Waals surface area contributed by atoms with Gasteiger partial charge in [-0.25, -0.2) is 0 Å². The normalized spacial score (nSPS) is 30.8. The quantitative estimate of drug-likeness (QED) is 0.798. The Bertz CT molecular complexity index is 282. The first kappa shape index (κ1) is 14.5. The summed E-state index contributed by atoms with van der Waals surface area (Å²) in [5.41, 5.74) is -0.273. The lowest BCUT2D eigenvalue weighted by Crippen LogP contribution is -2.45. The third kappa shape index (κ3) is 3.20. The van der Waals surface area contributed by atoms with E-state index < -0.39 is 0 Å². The fraction of sp³-hybridized carbons (Fsp3) is 0.929. The zero-order chi connectivity index (χ0) is 13.1. The van der Waals surface area contributed by atoms with Crippen molar-refractivity contribution in [3.8, 4) is 6.07 Å². The zero-order valence-corrected chi connectivity index (χ0v) is 12.0. The molecule has 0 spiro atoms. The summed E-state index contributed by atoms with van der Waals surface area (Å²) in [7, 11) is 2.20. The minimum atomic E-state index is -0.273. The maximum Gasteiger partial charge on any atom is 0.108 e. The van der Waals surface area contributed by atoms with Gasteiger partial charge in [0.25, 0.3) is 0 Å². The van der Waals surface area contributed by atoms with Crippen LogP contribution >= 0.6 is 0 Å². The van der Waals surface area contributed by atoms with Crippen LogP contribution in [0.5, 0.6) is 0 Å². The highest BCUT2D eigenvalue weighted by atomic mass is 15.2. The molecule has 1 aliphatic carbocycles. The van der Waals surface area contributed by atoms with Crippen LogP contribution in [-0.4, -0.2) is 36.1 Å². The van der Waals surface area contributed by atoms with Crippen LogP contribution in [0, 0.1) is 17.2 Å². The average molecular weight is 237 g/mol. The van der Waals surface area contributed by atoms with Crippen LogP contribution in [-0.2, 0) is 0 Å². The molecule has 98 valence electrons. The number of hydrogen-bond acceptors (Lipinski definition) is 3. The first-order chi connectivity index (χ1) is 7.95. The summed E-state index contributed by atoms with van der Waals surface area (Å²) in [6.45, 7) is 9.76. The SMILES string of the molecule is CCNC1(C#N)CCC(N(C)C(C)C(C)C)C1. The summed E-state index contributed by atoms with van der Waals surface area (Å²) in [6, 6.07) is 3.62. The number of rotatable bonds is 5. The van der Waals surface area contributed by atoms with Gasteiger partial charge in [-0.1, -0.05) is 20.8 Å². The molecule has 1 saturated carbocycles. The van der Waals surface area contributed by atoms with Crippen LogP contribution < -0.4 is 5.32 Å². The van der Waals surface area contributed by atoms with E-state index in [2.05, 4.69) is 51.0 Å². The third-order valence-corrected chi connectivity index (χ3v) is 4.40. The molecule has 17 heavy (non-hydrogen) atoms. The van der Waals surface area contributed by atoms with Crippen molar-refractivity contribution < 1.29 is 0 Å². The van der Waals surface area contributed by atoms with E-state index in [4.69, 9.17) is 0 Å². The number of nitrogens with one attached hydrogen (secondary N) is 1. The Kier molecular flexibility index (Phi) is 4.97. The van der Waals surface area contributed by atoms with Crippen LogP contribution in [0.15, 0.2) is 0 Å². The van der Waals surface area contributed by atoms with Crippen LogP contribution in [0.2, 0.25) is 0 Å². The molecule has 1 fully saturated rings. The molecular formula is C14H27N3. The highest BCUT2D eigenvalue weighted by molar-refractivity contribution is 5.13. The summed E-state index contributed by atoms with van der Waals surface area (Å²) in [4.78, 5) is 2.46. The fourth-order valence-electron chi connectivity index (χ4n) is 2.81. The smallest absolute Gasteiger partial charge is 0.108 e. The molecule has 3 atom stereocenters. The van der Waals surface area contributed by atoms with Crippen molar-refractivity contribution in [2.75, 3.05) is 13.6 Å². The molecule has 0 aliphatic heterocycles. The van der Waals surface area contributed by atoms with E-state index in [1.165, 1.54) is 0 Å². The predicted molar refractivity (Wildman–Crippen MR) is 71.7 cm³/mol. The van der Waals surface area contributed by atoms with E-state index in [0.29, 0.717) is 18.0 Å². The van der Waals surface area contributed by atoms with Gasteiger partial charge in [-0.15, -0.1) is 0 Å². The molecular weight excluding hydrogens is 210 g/mol. The number of nitriles is 1. The van der Waals surface area contributed by atoms with Gasteiger partial charge >= 0.3 is 0 Å². The van der Waals surface area contributed by atoms with Crippen molar-refractivity contribution in [1.29, 1.82) is 5.26 Å². The molecule has 0 bridgehead atoms. The van der Waals surface area contributed by atoms with E-state index >= 15 is 0 Å². The monoisotopic (exact) mass is 237 g/mol. The molecule has 0 radical (unpaired) electrons. The second-order valence-corrected chi connectivity index (χ2v) is 5.77. The van der Waals surface area contributed by atoms with Crippen LogP contribution in [0.4, 0.5) is 0 Å². The van der Waals surface area contributed by atoms with E-state index in [0.717, 1.165) is 25.8 Å². The van der Waals surface area contributed by atoms with Crippen molar-refractivity contribution in [3.63, 3.8) is 0 Å². The lowest BCUT2D eigenvalue weighted by atomic mass is 9.98. The van der Waals surface area contributed by atoms with Gasteiger partial charge in [0.1, 0.15) is 5.54 Å². The van der Waals surface area contributed by atoms with Crippen LogP contribution in [0.1, 0.15) is 47.0 Å². The summed E-state index contributed by atoms with van der Waals surface area (Å²) < 4.78 is 0. The Balaban J connectivity index is 2.63. The van der Waals surface area contributed by atoms with Gasteiger partial charge in [0.2, 0.25) is 0 Å². The predicted octanol–water partition coefficient (Wildman–Crippen LogP) is 2.39. The van der Waals surface area contributed by atoms with E-state index in [-0.39, 0.29) is 5.54 Å². The molecule has 0 aromatic carbocycles. The number of nitrogens with zero attached hydrogens (tertiary/aromatic N) is 2.